The Balaban J connectivity index is 1.66. The molecule has 2 aromatic carbocycles. The minimum atomic E-state index is -0.0278. The Labute approximate surface area is 160 Å². The second-order valence-electron chi connectivity index (χ2n) is 7.05. The first-order valence-electron chi connectivity index (χ1n) is 9.12. The van der Waals surface area contributed by atoms with Crippen LogP contribution in [0.25, 0.3) is 0 Å². The second kappa shape index (κ2) is 8.00. The van der Waals surface area contributed by atoms with Crippen molar-refractivity contribution in [3.63, 3.8) is 0 Å². The van der Waals surface area contributed by atoms with Crippen molar-refractivity contribution in [3.8, 4) is 0 Å². The first kappa shape index (κ1) is 18.6. The highest BCUT2D eigenvalue weighted by atomic mass is 35.5. The van der Waals surface area contributed by atoms with E-state index in [9.17, 15) is 4.79 Å². The lowest BCUT2D eigenvalue weighted by Gasteiger charge is -2.36. The Morgan fingerprint density at radius 3 is 2.38 bits per heavy atom. The topological polar surface area (TPSA) is 35.6 Å². The van der Waals surface area contributed by atoms with Crippen molar-refractivity contribution in [1.29, 1.82) is 0 Å². The van der Waals surface area contributed by atoms with Crippen LogP contribution in [0.15, 0.2) is 42.5 Å². The molecule has 0 aromatic heterocycles. The number of carbonyl (C=O) groups is 1. The number of nitrogens with zero attached hydrogens (tertiary/aromatic N) is 2. The molecule has 0 spiro atoms. The number of halogens is 1. The molecule has 5 heteroatoms. The molecule has 2 aromatic rings. The molecule has 26 heavy (non-hydrogen) atoms. The Morgan fingerprint density at radius 2 is 1.73 bits per heavy atom. The highest BCUT2D eigenvalue weighted by Gasteiger charge is 2.23. The number of para-hydroxylation sites is 2. The smallest absolute Gasteiger partial charge is 0.321 e. The minimum Gasteiger partial charge on any atom is -0.367 e. The fraction of sp³-hybridized carbons (Fsp3) is 0.381. The van der Waals surface area contributed by atoms with Gasteiger partial charge in [-0.15, -0.1) is 0 Å². The van der Waals surface area contributed by atoms with E-state index in [1.165, 1.54) is 5.56 Å². The van der Waals surface area contributed by atoms with Crippen LogP contribution in [0.3, 0.4) is 0 Å². The van der Waals surface area contributed by atoms with E-state index in [0.29, 0.717) is 19.0 Å². The largest absolute Gasteiger partial charge is 0.367 e. The Morgan fingerprint density at radius 1 is 1.04 bits per heavy atom. The van der Waals surface area contributed by atoms with Crippen molar-refractivity contribution in [2.45, 2.75) is 26.7 Å². The molecule has 1 fully saturated rings. The maximum atomic E-state index is 12.8. The van der Waals surface area contributed by atoms with E-state index in [0.717, 1.165) is 35.1 Å². The van der Waals surface area contributed by atoms with Crippen molar-refractivity contribution in [2.75, 3.05) is 36.4 Å². The summed E-state index contributed by atoms with van der Waals surface area (Å²) >= 11 is 6.29. The minimum absolute atomic E-state index is 0.0278. The van der Waals surface area contributed by atoms with Crippen LogP contribution in [0.4, 0.5) is 16.2 Å². The Bertz CT molecular complexity index is 783. The van der Waals surface area contributed by atoms with Gasteiger partial charge in [-0.05, 0) is 36.1 Å². The predicted molar refractivity (Wildman–Crippen MR) is 110 cm³/mol. The van der Waals surface area contributed by atoms with Gasteiger partial charge >= 0.3 is 6.03 Å². The molecule has 0 saturated carbocycles. The number of hydrogen-bond acceptors (Lipinski definition) is 2. The predicted octanol–water partition coefficient (Wildman–Crippen LogP) is 5.13. The van der Waals surface area contributed by atoms with E-state index in [1.54, 1.807) is 0 Å². The summed E-state index contributed by atoms with van der Waals surface area (Å²) < 4.78 is 0. The molecule has 138 valence electrons. The van der Waals surface area contributed by atoms with Crippen LogP contribution in [0, 0.1) is 6.92 Å². The Hall–Kier alpha value is -2.20. The average Bonchev–Trinajstić information content (AvgIpc) is 2.63. The molecule has 0 bridgehead atoms. The van der Waals surface area contributed by atoms with Gasteiger partial charge in [0.15, 0.2) is 0 Å². The van der Waals surface area contributed by atoms with Crippen molar-refractivity contribution in [2.24, 2.45) is 0 Å². The number of nitrogens with one attached hydrogen (secondary N) is 1. The molecule has 1 heterocycles. The number of rotatable bonds is 3. The number of anilines is 2. The van der Waals surface area contributed by atoms with Crippen LogP contribution in [-0.2, 0) is 0 Å². The fourth-order valence-corrected chi connectivity index (χ4v) is 3.64. The summed E-state index contributed by atoms with van der Waals surface area (Å²) in [5.74, 6) is 0.363. The van der Waals surface area contributed by atoms with E-state index >= 15 is 0 Å². The summed E-state index contributed by atoms with van der Waals surface area (Å²) in [6, 6.07) is 14.0. The lowest BCUT2D eigenvalue weighted by molar-refractivity contribution is 0.208. The molecule has 4 nitrogen and oxygen atoms in total. The van der Waals surface area contributed by atoms with Gasteiger partial charge in [0.1, 0.15) is 0 Å². The summed E-state index contributed by atoms with van der Waals surface area (Å²) in [5, 5.41) is 3.89. The molecule has 0 unspecified atom stereocenters. The first-order valence-corrected chi connectivity index (χ1v) is 9.50. The van der Waals surface area contributed by atoms with Gasteiger partial charge < -0.3 is 15.1 Å². The lowest BCUT2D eigenvalue weighted by Crippen LogP contribution is -2.50. The summed E-state index contributed by atoms with van der Waals surface area (Å²) in [6.07, 6.45) is 0. The van der Waals surface area contributed by atoms with Crippen LogP contribution < -0.4 is 10.2 Å². The SMILES string of the molecule is Cc1cccc(C(C)C)c1NC(=O)N1CCN(c2ccccc2Cl)CC1. The zero-order valence-corrected chi connectivity index (χ0v) is 16.4. The highest BCUT2D eigenvalue weighted by molar-refractivity contribution is 6.33. The number of piperazine rings is 1. The highest BCUT2D eigenvalue weighted by Crippen LogP contribution is 2.29. The van der Waals surface area contributed by atoms with Crippen LogP contribution in [0.5, 0.6) is 0 Å². The molecule has 0 radical (unpaired) electrons. The molecule has 0 aliphatic carbocycles. The normalized spacial score (nSPS) is 14.7. The number of aryl methyl sites for hydroxylation is 1. The molecular formula is C21H26ClN3O. The molecule has 0 atom stereocenters. The van der Waals surface area contributed by atoms with Gasteiger partial charge in [0, 0.05) is 31.9 Å². The summed E-state index contributed by atoms with van der Waals surface area (Å²) in [4.78, 5) is 16.9. The van der Waals surface area contributed by atoms with E-state index in [1.807, 2.05) is 48.2 Å². The third kappa shape index (κ3) is 3.96. The molecule has 1 aliphatic heterocycles. The van der Waals surface area contributed by atoms with E-state index in [-0.39, 0.29) is 6.03 Å². The van der Waals surface area contributed by atoms with Gasteiger partial charge in [-0.3, -0.25) is 0 Å². The third-order valence-corrected chi connectivity index (χ3v) is 5.24. The van der Waals surface area contributed by atoms with Crippen LogP contribution in [0.2, 0.25) is 5.02 Å². The van der Waals surface area contributed by atoms with Crippen molar-refractivity contribution in [1.82, 2.24) is 4.90 Å². The number of hydrogen-bond donors (Lipinski definition) is 1. The summed E-state index contributed by atoms with van der Waals surface area (Å²) in [6.45, 7) is 9.25. The first-order chi connectivity index (χ1) is 12.5. The van der Waals surface area contributed by atoms with Gasteiger partial charge in [-0.25, -0.2) is 4.79 Å². The summed E-state index contributed by atoms with van der Waals surface area (Å²) in [5.41, 5.74) is 4.25. The van der Waals surface area contributed by atoms with Crippen LogP contribution in [0.1, 0.15) is 30.9 Å². The van der Waals surface area contributed by atoms with Crippen LogP contribution in [-0.4, -0.2) is 37.1 Å². The monoisotopic (exact) mass is 371 g/mol. The lowest BCUT2D eigenvalue weighted by atomic mass is 9.98. The second-order valence-corrected chi connectivity index (χ2v) is 7.46. The summed E-state index contributed by atoms with van der Waals surface area (Å²) in [7, 11) is 0. The molecular weight excluding hydrogens is 346 g/mol. The zero-order valence-electron chi connectivity index (χ0n) is 15.6. The molecule has 1 N–H and O–H groups in total. The zero-order chi connectivity index (χ0) is 18.7. The molecule has 1 aliphatic rings. The number of urea groups is 1. The third-order valence-electron chi connectivity index (χ3n) is 4.92. The molecule has 1 saturated heterocycles. The van der Waals surface area contributed by atoms with E-state index in [2.05, 4.69) is 30.1 Å². The number of amides is 2. The van der Waals surface area contributed by atoms with Gasteiger partial charge in [-0.1, -0.05) is 55.8 Å². The van der Waals surface area contributed by atoms with Gasteiger partial charge in [0.05, 0.1) is 10.7 Å². The standard InChI is InChI=1S/C21H26ClN3O/c1-15(2)17-8-6-7-16(3)20(17)23-21(26)25-13-11-24(12-14-25)19-10-5-4-9-18(19)22/h4-10,15H,11-14H2,1-3H3,(H,23,26). The number of benzene rings is 2. The Kier molecular flexibility index (Phi) is 5.72. The molecule has 2 amide bonds. The fourth-order valence-electron chi connectivity index (χ4n) is 3.39. The quantitative estimate of drug-likeness (QED) is 0.812. The molecule has 3 rings (SSSR count). The van der Waals surface area contributed by atoms with Crippen LogP contribution >= 0.6 is 11.6 Å². The van der Waals surface area contributed by atoms with Crippen molar-refractivity contribution >= 4 is 29.0 Å². The van der Waals surface area contributed by atoms with Gasteiger partial charge in [0.2, 0.25) is 0 Å². The van der Waals surface area contributed by atoms with Crippen molar-refractivity contribution < 1.29 is 4.79 Å². The van der Waals surface area contributed by atoms with Crippen molar-refractivity contribution in [3.05, 3.63) is 58.6 Å². The number of carbonyl (C=O) groups excluding carboxylic acids is 1. The maximum Gasteiger partial charge on any atom is 0.321 e. The maximum absolute atomic E-state index is 12.8. The van der Waals surface area contributed by atoms with E-state index < -0.39 is 0 Å². The van der Waals surface area contributed by atoms with Gasteiger partial charge in [0.25, 0.3) is 0 Å². The van der Waals surface area contributed by atoms with Gasteiger partial charge in [-0.2, -0.15) is 0 Å². The van der Waals surface area contributed by atoms with E-state index in [4.69, 9.17) is 11.6 Å². The average molecular weight is 372 g/mol.